The minimum Gasteiger partial charge on any atom is -0.381 e. The average Bonchev–Trinajstić information content (AvgIpc) is 2.57. The second-order valence-corrected chi connectivity index (χ2v) is 6.73. The van der Waals surface area contributed by atoms with E-state index < -0.39 is 0 Å². The van der Waals surface area contributed by atoms with E-state index in [0.717, 1.165) is 30.5 Å². The van der Waals surface area contributed by atoms with Crippen molar-refractivity contribution in [2.24, 2.45) is 5.92 Å². The number of piperidine rings is 2. The standard InChI is InChI=1S/C17H28N4O/c1-14-11-18-17(19-12-14)21-9-3-15(4-10-21)13-20-7-5-16(22-2)6-8-20/h11-12,15-16H,3-10,13H2,1-2H3. The summed E-state index contributed by atoms with van der Waals surface area (Å²) in [7, 11) is 1.84. The normalized spacial score (nSPS) is 22.2. The van der Waals surface area contributed by atoms with Crippen LogP contribution in [-0.2, 0) is 4.74 Å². The van der Waals surface area contributed by atoms with Gasteiger partial charge in [0.15, 0.2) is 0 Å². The molecule has 0 saturated carbocycles. The molecular weight excluding hydrogens is 276 g/mol. The molecule has 0 radical (unpaired) electrons. The lowest BCUT2D eigenvalue weighted by atomic mass is 9.95. The van der Waals surface area contributed by atoms with Crippen LogP contribution >= 0.6 is 0 Å². The van der Waals surface area contributed by atoms with Crippen LogP contribution < -0.4 is 4.90 Å². The molecule has 0 atom stereocenters. The van der Waals surface area contributed by atoms with Gasteiger partial charge in [-0.05, 0) is 44.1 Å². The van der Waals surface area contributed by atoms with E-state index >= 15 is 0 Å². The monoisotopic (exact) mass is 304 g/mol. The number of aryl methyl sites for hydroxylation is 1. The van der Waals surface area contributed by atoms with E-state index in [1.54, 1.807) is 0 Å². The number of rotatable bonds is 4. The Hall–Kier alpha value is -1.20. The molecule has 0 aromatic carbocycles. The highest BCUT2D eigenvalue weighted by atomic mass is 16.5. The Bertz CT molecular complexity index is 448. The van der Waals surface area contributed by atoms with Crippen LogP contribution in [0.25, 0.3) is 0 Å². The lowest BCUT2D eigenvalue weighted by Crippen LogP contribution is -2.43. The molecule has 0 aliphatic carbocycles. The van der Waals surface area contributed by atoms with Crippen molar-refractivity contribution < 1.29 is 4.74 Å². The van der Waals surface area contributed by atoms with Crippen molar-refractivity contribution in [2.45, 2.75) is 38.7 Å². The second kappa shape index (κ2) is 7.38. The smallest absolute Gasteiger partial charge is 0.225 e. The van der Waals surface area contributed by atoms with Gasteiger partial charge in [-0.2, -0.15) is 0 Å². The molecule has 1 aromatic rings. The van der Waals surface area contributed by atoms with Crippen LogP contribution in [0.2, 0.25) is 0 Å². The maximum atomic E-state index is 5.45. The maximum Gasteiger partial charge on any atom is 0.225 e. The van der Waals surface area contributed by atoms with E-state index in [-0.39, 0.29) is 0 Å². The lowest BCUT2D eigenvalue weighted by molar-refractivity contribution is 0.0353. The Balaban J connectivity index is 1.43. The highest BCUT2D eigenvalue weighted by Gasteiger charge is 2.25. The summed E-state index contributed by atoms with van der Waals surface area (Å²) in [5.74, 6) is 1.71. The number of hydrogen-bond donors (Lipinski definition) is 0. The molecule has 3 heterocycles. The highest BCUT2D eigenvalue weighted by molar-refractivity contribution is 5.30. The Morgan fingerprint density at radius 3 is 2.27 bits per heavy atom. The summed E-state index contributed by atoms with van der Waals surface area (Å²) in [6.07, 6.45) is 9.18. The first kappa shape index (κ1) is 15.7. The number of methoxy groups -OCH3 is 1. The molecule has 3 rings (SSSR count). The molecule has 0 amide bonds. The Morgan fingerprint density at radius 2 is 1.68 bits per heavy atom. The molecule has 2 fully saturated rings. The molecular formula is C17H28N4O. The van der Waals surface area contributed by atoms with Crippen molar-refractivity contribution in [2.75, 3.05) is 44.7 Å². The number of ether oxygens (including phenoxy) is 1. The molecule has 2 aliphatic heterocycles. The van der Waals surface area contributed by atoms with Gasteiger partial charge in [-0.25, -0.2) is 9.97 Å². The Labute approximate surface area is 133 Å². The SMILES string of the molecule is COC1CCN(CC2CCN(c3ncc(C)cn3)CC2)CC1. The maximum absolute atomic E-state index is 5.45. The molecule has 5 nitrogen and oxygen atoms in total. The minimum atomic E-state index is 0.483. The van der Waals surface area contributed by atoms with Gasteiger partial charge in [0, 0.05) is 52.2 Å². The van der Waals surface area contributed by atoms with Crippen molar-refractivity contribution in [3.63, 3.8) is 0 Å². The number of aromatic nitrogens is 2. The van der Waals surface area contributed by atoms with Gasteiger partial charge in [-0.1, -0.05) is 0 Å². The van der Waals surface area contributed by atoms with Gasteiger partial charge in [0.25, 0.3) is 0 Å². The van der Waals surface area contributed by atoms with Crippen molar-refractivity contribution in [3.05, 3.63) is 18.0 Å². The third kappa shape index (κ3) is 3.96. The molecule has 1 aromatic heterocycles. The van der Waals surface area contributed by atoms with Gasteiger partial charge in [0.05, 0.1) is 6.10 Å². The lowest BCUT2D eigenvalue weighted by Gasteiger charge is -2.37. The Morgan fingerprint density at radius 1 is 1.05 bits per heavy atom. The van der Waals surface area contributed by atoms with Gasteiger partial charge in [0.2, 0.25) is 5.95 Å². The fraction of sp³-hybridized carbons (Fsp3) is 0.765. The molecule has 5 heteroatoms. The van der Waals surface area contributed by atoms with Crippen molar-refractivity contribution in [1.82, 2.24) is 14.9 Å². The number of nitrogens with zero attached hydrogens (tertiary/aromatic N) is 4. The van der Waals surface area contributed by atoms with Crippen molar-refractivity contribution in [3.8, 4) is 0 Å². The summed E-state index contributed by atoms with van der Waals surface area (Å²) < 4.78 is 5.45. The average molecular weight is 304 g/mol. The van der Waals surface area contributed by atoms with E-state index in [4.69, 9.17) is 4.74 Å². The van der Waals surface area contributed by atoms with E-state index in [1.807, 2.05) is 26.4 Å². The fourth-order valence-corrected chi connectivity index (χ4v) is 3.56. The van der Waals surface area contributed by atoms with Crippen LogP contribution in [0.5, 0.6) is 0 Å². The van der Waals surface area contributed by atoms with Crippen LogP contribution in [-0.4, -0.2) is 60.8 Å². The van der Waals surface area contributed by atoms with E-state index in [9.17, 15) is 0 Å². The first-order valence-electron chi connectivity index (χ1n) is 8.53. The summed E-state index contributed by atoms with van der Waals surface area (Å²) >= 11 is 0. The van der Waals surface area contributed by atoms with Crippen molar-refractivity contribution >= 4 is 5.95 Å². The number of likely N-dealkylation sites (tertiary alicyclic amines) is 1. The summed E-state index contributed by atoms with van der Waals surface area (Å²) in [4.78, 5) is 13.9. The largest absolute Gasteiger partial charge is 0.381 e. The van der Waals surface area contributed by atoms with Crippen LogP contribution in [0.1, 0.15) is 31.2 Å². The second-order valence-electron chi connectivity index (χ2n) is 6.73. The topological polar surface area (TPSA) is 41.5 Å². The van der Waals surface area contributed by atoms with Gasteiger partial charge >= 0.3 is 0 Å². The zero-order chi connectivity index (χ0) is 15.4. The molecule has 0 unspecified atom stereocenters. The van der Waals surface area contributed by atoms with E-state index in [1.165, 1.54) is 45.3 Å². The predicted molar refractivity (Wildman–Crippen MR) is 88.2 cm³/mol. The third-order valence-electron chi connectivity index (χ3n) is 5.05. The molecule has 2 aliphatic rings. The summed E-state index contributed by atoms with van der Waals surface area (Å²) in [5.41, 5.74) is 1.12. The first-order chi connectivity index (χ1) is 10.7. The summed E-state index contributed by atoms with van der Waals surface area (Å²) in [6.45, 7) is 7.84. The van der Waals surface area contributed by atoms with Crippen LogP contribution in [0.4, 0.5) is 5.95 Å². The third-order valence-corrected chi connectivity index (χ3v) is 5.05. The van der Waals surface area contributed by atoms with Crippen molar-refractivity contribution in [1.29, 1.82) is 0 Å². The molecule has 122 valence electrons. The molecule has 0 N–H and O–H groups in total. The fourth-order valence-electron chi connectivity index (χ4n) is 3.56. The first-order valence-corrected chi connectivity index (χ1v) is 8.53. The molecule has 22 heavy (non-hydrogen) atoms. The summed E-state index contributed by atoms with van der Waals surface area (Å²) in [6, 6.07) is 0. The van der Waals surface area contributed by atoms with Crippen LogP contribution in [0.15, 0.2) is 12.4 Å². The van der Waals surface area contributed by atoms with E-state index in [2.05, 4.69) is 19.8 Å². The zero-order valence-corrected chi connectivity index (χ0v) is 13.9. The van der Waals surface area contributed by atoms with Gasteiger partial charge in [-0.3, -0.25) is 0 Å². The molecule has 0 spiro atoms. The van der Waals surface area contributed by atoms with Gasteiger partial charge in [0.1, 0.15) is 0 Å². The summed E-state index contributed by atoms with van der Waals surface area (Å²) in [5, 5.41) is 0. The number of anilines is 1. The molecule has 2 saturated heterocycles. The zero-order valence-electron chi connectivity index (χ0n) is 13.9. The molecule has 0 bridgehead atoms. The van der Waals surface area contributed by atoms with E-state index in [0.29, 0.717) is 6.10 Å². The van der Waals surface area contributed by atoms with Crippen LogP contribution in [0, 0.1) is 12.8 Å². The van der Waals surface area contributed by atoms with Crippen LogP contribution in [0.3, 0.4) is 0 Å². The Kier molecular flexibility index (Phi) is 5.26. The number of hydrogen-bond acceptors (Lipinski definition) is 5. The van der Waals surface area contributed by atoms with Gasteiger partial charge in [-0.15, -0.1) is 0 Å². The van der Waals surface area contributed by atoms with Gasteiger partial charge < -0.3 is 14.5 Å². The predicted octanol–water partition coefficient (Wildman–Crippen LogP) is 2.11. The minimum absolute atomic E-state index is 0.483. The highest BCUT2D eigenvalue weighted by Crippen LogP contribution is 2.23. The quantitative estimate of drug-likeness (QED) is 0.852.